The Morgan fingerprint density at radius 1 is 1.22 bits per heavy atom. The second kappa shape index (κ2) is 8.62. The van der Waals surface area contributed by atoms with E-state index in [1.165, 1.54) is 12.1 Å². The van der Waals surface area contributed by atoms with Crippen molar-refractivity contribution in [3.8, 4) is 0 Å². The number of rotatable bonds is 7. The van der Waals surface area contributed by atoms with Gasteiger partial charge in [-0.15, -0.1) is 0 Å². The van der Waals surface area contributed by atoms with Gasteiger partial charge >= 0.3 is 5.97 Å². The molecular formula is C17H23FN2O3. The van der Waals surface area contributed by atoms with Crippen molar-refractivity contribution in [1.29, 1.82) is 0 Å². The second-order valence-electron chi connectivity index (χ2n) is 5.96. The molecule has 1 aliphatic heterocycles. The molecule has 0 saturated carbocycles. The predicted molar refractivity (Wildman–Crippen MR) is 84.3 cm³/mol. The minimum atomic E-state index is -0.764. The number of hydrogen-bond acceptors (Lipinski definition) is 3. The van der Waals surface area contributed by atoms with Gasteiger partial charge in [-0.2, -0.15) is 0 Å². The Kier molecular flexibility index (Phi) is 6.52. The van der Waals surface area contributed by atoms with Crippen molar-refractivity contribution in [3.05, 3.63) is 35.6 Å². The van der Waals surface area contributed by atoms with Gasteiger partial charge in [0.25, 0.3) is 0 Å². The highest BCUT2D eigenvalue weighted by Crippen LogP contribution is 2.18. The summed E-state index contributed by atoms with van der Waals surface area (Å²) in [5.74, 6) is -0.999. The molecule has 0 unspecified atom stereocenters. The quantitative estimate of drug-likeness (QED) is 0.806. The molecule has 126 valence electrons. The summed E-state index contributed by atoms with van der Waals surface area (Å²) in [4.78, 5) is 24.9. The topological polar surface area (TPSA) is 69.6 Å². The van der Waals surface area contributed by atoms with E-state index in [0.717, 1.165) is 38.0 Å². The fourth-order valence-corrected chi connectivity index (χ4v) is 2.81. The molecule has 0 aliphatic carbocycles. The lowest BCUT2D eigenvalue weighted by Gasteiger charge is -2.31. The zero-order chi connectivity index (χ0) is 16.7. The molecule has 1 saturated heterocycles. The van der Waals surface area contributed by atoms with E-state index >= 15 is 0 Å². The third kappa shape index (κ3) is 5.98. The van der Waals surface area contributed by atoms with Crippen molar-refractivity contribution in [3.63, 3.8) is 0 Å². The van der Waals surface area contributed by atoms with Gasteiger partial charge in [-0.25, -0.2) is 4.39 Å². The van der Waals surface area contributed by atoms with Crippen LogP contribution in [0.2, 0.25) is 0 Å². The van der Waals surface area contributed by atoms with Crippen LogP contribution in [0.1, 0.15) is 31.2 Å². The summed E-state index contributed by atoms with van der Waals surface area (Å²) < 4.78 is 12.8. The van der Waals surface area contributed by atoms with Gasteiger partial charge in [0.15, 0.2) is 0 Å². The van der Waals surface area contributed by atoms with Crippen LogP contribution >= 0.6 is 0 Å². The predicted octanol–water partition coefficient (Wildman–Crippen LogP) is 2.02. The van der Waals surface area contributed by atoms with Crippen LogP contribution in [-0.4, -0.2) is 41.5 Å². The highest BCUT2D eigenvalue weighted by atomic mass is 19.1. The van der Waals surface area contributed by atoms with E-state index in [1.54, 1.807) is 12.1 Å². The number of carbonyl (C=O) groups is 2. The van der Waals surface area contributed by atoms with Gasteiger partial charge in [0, 0.05) is 18.9 Å². The van der Waals surface area contributed by atoms with E-state index in [-0.39, 0.29) is 24.1 Å². The van der Waals surface area contributed by atoms with Crippen LogP contribution in [0.3, 0.4) is 0 Å². The fourth-order valence-electron chi connectivity index (χ4n) is 2.81. The van der Waals surface area contributed by atoms with E-state index in [0.29, 0.717) is 13.0 Å². The maximum absolute atomic E-state index is 12.8. The van der Waals surface area contributed by atoms with Crippen LogP contribution in [0, 0.1) is 11.7 Å². The zero-order valence-electron chi connectivity index (χ0n) is 13.1. The number of carbonyl (C=O) groups excluding carboxylic acids is 1. The second-order valence-corrected chi connectivity index (χ2v) is 5.96. The summed E-state index contributed by atoms with van der Waals surface area (Å²) in [7, 11) is 0. The largest absolute Gasteiger partial charge is 0.481 e. The number of likely N-dealkylation sites (tertiary alicyclic amines) is 1. The molecule has 1 aliphatic rings. The van der Waals surface area contributed by atoms with Crippen LogP contribution in [0.4, 0.5) is 4.39 Å². The minimum Gasteiger partial charge on any atom is -0.481 e. The van der Waals surface area contributed by atoms with Gasteiger partial charge in [-0.1, -0.05) is 12.1 Å². The van der Waals surface area contributed by atoms with E-state index in [4.69, 9.17) is 5.11 Å². The zero-order valence-corrected chi connectivity index (χ0v) is 13.1. The van der Waals surface area contributed by atoms with Gasteiger partial charge in [0.1, 0.15) is 5.82 Å². The molecule has 0 bridgehead atoms. The molecule has 0 atom stereocenters. The first-order valence-corrected chi connectivity index (χ1v) is 8.01. The molecule has 6 heteroatoms. The molecule has 23 heavy (non-hydrogen) atoms. The van der Waals surface area contributed by atoms with Crippen molar-refractivity contribution in [2.45, 2.75) is 32.2 Å². The fraction of sp³-hybridized carbons (Fsp3) is 0.529. The lowest BCUT2D eigenvalue weighted by atomic mass is 9.95. The molecular weight excluding hydrogens is 299 g/mol. The smallest absolute Gasteiger partial charge is 0.303 e. The standard InChI is InChI=1S/C17H23FN2O3/c18-15-5-3-13(4-6-15)12-19-17(23)14-7-10-20(11-8-14)9-1-2-16(21)22/h3-6,14H,1-2,7-12H2,(H,19,23)(H,21,22). The van der Waals surface area contributed by atoms with Gasteiger partial charge in [-0.05, 0) is 56.6 Å². The summed E-state index contributed by atoms with van der Waals surface area (Å²) in [5.41, 5.74) is 0.880. The number of halogens is 1. The third-order valence-corrected chi connectivity index (χ3v) is 4.20. The molecule has 1 aromatic carbocycles. The summed E-state index contributed by atoms with van der Waals surface area (Å²) in [6.07, 6.45) is 2.43. The molecule has 2 N–H and O–H groups in total. The SMILES string of the molecule is O=C(O)CCCN1CCC(C(=O)NCc2ccc(F)cc2)CC1. The van der Waals surface area contributed by atoms with Gasteiger partial charge in [0.2, 0.25) is 5.91 Å². The van der Waals surface area contributed by atoms with E-state index < -0.39 is 5.97 Å². The summed E-state index contributed by atoms with van der Waals surface area (Å²) >= 11 is 0. The number of hydrogen-bond donors (Lipinski definition) is 2. The lowest BCUT2D eigenvalue weighted by Crippen LogP contribution is -2.40. The molecule has 0 spiro atoms. The molecule has 2 rings (SSSR count). The third-order valence-electron chi connectivity index (χ3n) is 4.20. The number of aliphatic carboxylic acids is 1. The average Bonchev–Trinajstić information content (AvgIpc) is 2.54. The summed E-state index contributed by atoms with van der Waals surface area (Å²) in [6, 6.07) is 6.11. The number of benzene rings is 1. The number of piperidine rings is 1. The minimum absolute atomic E-state index is 0.00571. The first-order valence-electron chi connectivity index (χ1n) is 8.01. The van der Waals surface area contributed by atoms with E-state index in [1.807, 2.05) is 0 Å². The van der Waals surface area contributed by atoms with Crippen molar-refractivity contribution >= 4 is 11.9 Å². The molecule has 1 aromatic rings. The van der Waals surface area contributed by atoms with Crippen molar-refractivity contribution in [2.75, 3.05) is 19.6 Å². The van der Waals surface area contributed by atoms with Gasteiger partial charge in [0.05, 0.1) is 0 Å². The first-order chi connectivity index (χ1) is 11.0. The van der Waals surface area contributed by atoms with Crippen LogP contribution < -0.4 is 5.32 Å². The number of carboxylic acid groups (broad SMARTS) is 1. The Bertz CT molecular complexity index is 525. The molecule has 1 fully saturated rings. The molecule has 1 heterocycles. The van der Waals surface area contributed by atoms with Crippen LogP contribution in [0.15, 0.2) is 24.3 Å². The van der Waals surface area contributed by atoms with E-state index in [2.05, 4.69) is 10.2 Å². The Morgan fingerprint density at radius 3 is 2.48 bits per heavy atom. The number of nitrogens with one attached hydrogen (secondary N) is 1. The maximum Gasteiger partial charge on any atom is 0.303 e. The molecule has 1 amide bonds. The molecule has 0 radical (unpaired) electrons. The maximum atomic E-state index is 12.8. The van der Waals surface area contributed by atoms with Crippen LogP contribution in [0.5, 0.6) is 0 Å². The van der Waals surface area contributed by atoms with Crippen molar-refractivity contribution in [1.82, 2.24) is 10.2 Å². The highest BCUT2D eigenvalue weighted by molar-refractivity contribution is 5.78. The molecule has 0 aromatic heterocycles. The van der Waals surface area contributed by atoms with Gasteiger partial charge in [-0.3, -0.25) is 9.59 Å². The number of nitrogens with zero attached hydrogens (tertiary/aromatic N) is 1. The monoisotopic (exact) mass is 322 g/mol. The Hall–Kier alpha value is -1.95. The molecule has 5 nitrogen and oxygen atoms in total. The first kappa shape index (κ1) is 17.4. The number of carboxylic acids is 1. The Labute approximate surface area is 135 Å². The Morgan fingerprint density at radius 2 is 1.87 bits per heavy atom. The van der Waals surface area contributed by atoms with Crippen LogP contribution in [-0.2, 0) is 16.1 Å². The lowest BCUT2D eigenvalue weighted by molar-refractivity contribution is -0.137. The van der Waals surface area contributed by atoms with Crippen molar-refractivity contribution in [2.24, 2.45) is 5.92 Å². The Balaban J connectivity index is 1.67. The summed E-state index contributed by atoms with van der Waals surface area (Å²) in [6.45, 7) is 2.84. The summed E-state index contributed by atoms with van der Waals surface area (Å²) in [5, 5.41) is 11.5. The average molecular weight is 322 g/mol. The van der Waals surface area contributed by atoms with Crippen molar-refractivity contribution < 1.29 is 19.1 Å². The van der Waals surface area contributed by atoms with E-state index in [9.17, 15) is 14.0 Å². The highest BCUT2D eigenvalue weighted by Gasteiger charge is 2.24. The number of amides is 1. The van der Waals surface area contributed by atoms with Crippen LogP contribution in [0.25, 0.3) is 0 Å². The van der Waals surface area contributed by atoms with Gasteiger partial charge < -0.3 is 15.3 Å². The normalized spacial score (nSPS) is 16.2.